The summed E-state index contributed by atoms with van der Waals surface area (Å²) in [7, 11) is -3.49. The van der Waals surface area contributed by atoms with Crippen LogP contribution < -0.4 is 9.46 Å². The summed E-state index contributed by atoms with van der Waals surface area (Å²) in [4.78, 5) is 10.6. The van der Waals surface area contributed by atoms with E-state index in [1.54, 1.807) is 6.92 Å². The van der Waals surface area contributed by atoms with Gasteiger partial charge in [-0.15, -0.1) is 0 Å². The van der Waals surface area contributed by atoms with Gasteiger partial charge in [-0.25, -0.2) is 8.42 Å². The Morgan fingerprint density at radius 1 is 1.27 bits per heavy atom. The number of rotatable bonds is 5. The molecule has 1 aromatic rings. The zero-order valence-corrected chi connectivity index (χ0v) is 13.5. The van der Waals surface area contributed by atoms with Crippen molar-refractivity contribution in [3.8, 4) is 5.75 Å². The second kappa shape index (κ2) is 6.51. The standard InChI is InChI=1S/C14H20N2O5S/c1-10-8-12(15-22(2,19)20)14(9-13(10)16(17)18)21-11-6-4-3-5-7-11/h8-9,11,15H,3-7H2,1-2H3. The van der Waals surface area contributed by atoms with Crippen LogP contribution in [-0.4, -0.2) is 25.7 Å². The van der Waals surface area contributed by atoms with Crippen molar-refractivity contribution in [2.45, 2.75) is 45.1 Å². The molecule has 1 N–H and O–H groups in total. The van der Waals surface area contributed by atoms with Gasteiger partial charge in [0.05, 0.1) is 29.0 Å². The minimum Gasteiger partial charge on any atom is -0.488 e. The van der Waals surface area contributed by atoms with Crippen molar-refractivity contribution in [3.63, 3.8) is 0 Å². The lowest BCUT2D eigenvalue weighted by Gasteiger charge is -2.24. The average Bonchev–Trinajstić information content (AvgIpc) is 2.40. The van der Waals surface area contributed by atoms with E-state index in [9.17, 15) is 18.5 Å². The number of anilines is 1. The molecule has 22 heavy (non-hydrogen) atoms. The smallest absolute Gasteiger partial charge is 0.276 e. The monoisotopic (exact) mass is 328 g/mol. The minimum absolute atomic E-state index is 0.0313. The van der Waals surface area contributed by atoms with Crippen molar-refractivity contribution in [1.29, 1.82) is 0 Å². The highest BCUT2D eigenvalue weighted by atomic mass is 32.2. The van der Waals surface area contributed by atoms with Gasteiger partial charge in [-0.2, -0.15) is 0 Å². The third kappa shape index (κ3) is 4.33. The van der Waals surface area contributed by atoms with Gasteiger partial charge in [0, 0.05) is 5.56 Å². The molecule has 2 rings (SSSR count). The lowest BCUT2D eigenvalue weighted by Crippen LogP contribution is -2.21. The Morgan fingerprint density at radius 3 is 2.45 bits per heavy atom. The molecule has 0 aromatic heterocycles. The zero-order valence-electron chi connectivity index (χ0n) is 12.7. The van der Waals surface area contributed by atoms with Gasteiger partial charge in [-0.3, -0.25) is 14.8 Å². The second-order valence-electron chi connectivity index (χ2n) is 5.64. The Hall–Kier alpha value is -1.83. The van der Waals surface area contributed by atoms with Gasteiger partial charge in [-0.05, 0) is 38.7 Å². The Kier molecular flexibility index (Phi) is 4.90. The van der Waals surface area contributed by atoms with Crippen molar-refractivity contribution in [3.05, 3.63) is 27.8 Å². The number of nitrogens with one attached hydrogen (secondary N) is 1. The fourth-order valence-corrected chi connectivity index (χ4v) is 3.17. The topological polar surface area (TPSA) is 98.5 Å². The molecule has 1 aliphatic carbocycles. The van der Waals surface area contributed by atoms with Crippen LogP contribution in [0.15, 0.2) is 12.1 Å². The normalized spacial score (nSPS) is 16.3. The van der Waals surface area contributed by atoms with Crippen LogP contribution in [0.4, 0.5) is 11.4 Å². The fraction of sp³-hybridized carbons (Fsp3) is 0.571. The first kappa shape index (κ1) is 16.5. The molecule has 7 nitrogen and oxygen atoms in total. The van der Waals surface area contributed by atoms with Crippen LogP contribution in [0.3, 0.4) is 0 Å². The number of aryl methyl sites for hydroxylation is 1. The third-order valence-corrected chi connectivity index (χ3v) is 4.23. The van der Waals surface area contributed by atoms with E-state index in [-0.39, 0.29) is 23.2 Å². The summed E-state index contributed by atoms with van der Waals surface area (Å²) >= 11 is 0. The van der Waals surface area contributed by atoms with Gasteiger partial charge in [0.1, 0.15) is 0 Å². The van der Waals surface area contributed by atoms with E-state index in [2.05, 4.69) is 4.72 Å². The molecule has 0 amide bonds. The quantitative estimate of drug-likeness (QED) is 0.662. The second-order valence-corrected chi connectivity index (χ2v) is 7.39. The highest BCUT2D eigenvalue weighted by Gasteiger charge is 2.22. The Morgan fingerprint density at radius 2 is 1.91 bits per heavy atom. The molecule has 8 heteroatoms. The number of nitrogens with zero attached hydrogens (tertiary/aromatic N) is 1. The molecular weight excluding hydrogens is 308 g/mol. The average molecular weight is 328 g/mol. The summed E-state index contributed by atoms with van der Waals surface area (Å²) in [5, 5.41) is 11.1. The number of nitro groups is 1. The van der Waals surface area contributed by atoms with Gasteiger partial charge in [0.2, 0.25) is 10.0 Å². The molecule has 1 fully saturated rings. The molecular formula is C14H20N2O5S. The predicted molar refractivity (Wildman–Crippen MR) is 83.8 cm³/mol. The van der Waals surface area contributed by atoms with Gasteiger partial charge < -0.3 is 4.74 Å². The first-order valence-corrected chi connectivity index (χ1v) is 9.09. The lowest BCUT2D eigenvalue weighted by atomic mass is 9.98. The first-order chi connectivity index (χ1) is 10.3. The number of sulfonamides is 1. The van der Waals surface area contributed by atoms with Crippen LogP contribution in [0.25, 0.3) is 0 Å². The van der Waals surface area contributed by atoms with Crippen molar-refractivity contribution < 1.29 is 18.1 Å². The van der Waals surface area contributed by atoms with Crippen LogP contribution >= 0.6 is 0 Å². The highest BCUT2D eigenvalue weighted by molar-refractivity contribution is 7.92. The number of hydrogen-bond donors (Lipinski definition) is 1. The molecule has 0 bridgehead atoms. The van der Waals surface area contributed by atoms with E-state index >= 15 is 0 Å². The van der Waals surface area contributed by atoms with Crippen molar-refractivity contribution in [2.24, 2.45) is 0 Å². The Balaban J connectivity index is 2.37. The highest BCUT2D eigenvalue weighted by Crippen LogP contribution is 2.35. The largest absolute Gasteiger partial charge is 0.488 e. The molecule has 1 saturated carbocycles. The van der Waals surface area contributed by atoms with E-state index < -0.39 is 14.9 Å². The van der Waals surface area contributed by atoms with E-state index in [1.165, 1.54) is 12.1 Å². The summed E-state index contributed by atoms with van der Waals surface area (Å²) in [6.07, 6.45) is 6.01. The van der Waals surface area contributed by atoms with Gasteiger partial charge >= 0.3 is 0 Å². The summed E-state index contributed by atoms with van der Waals surface area (Å²) in [6, 6.07) is 2.74. The minimum atomic E-state index is -3.49. The number of hydrogen-bond acceptors (Lipinski definition) is 5. The predicted octanol–water partition coefficient (Wildman–Crippen LogP) is 2.99. The zero-order chi connectivity index (χ0) is 16.3. The van der Waals surface area contributed by atoms with Crippen molar-refractivity contribution in [2.75, 3.05) is 11.0 Å². The van der Waals surface area contributed by atoms with Crippen LogP contribution in [0.1, 0.15) is 37.7 Å². The van der Waals surface area contributed by atoms with E-state index in [0.29, 0.717) is 5.56 Å². The Labute approximate surface area is 129 Å². The summed E-state index contributed by atoms with van der Waals surface area (Å²) in [5.74, 6) is 0.217. The maximum absolute atomic E-state index is 11.5. The SMILES string of the molecule is Cc1cc(NS(C)(=O)=O)c(OC2CCCCC2)cc1[N+](=O)[O-]. The summed E-state index contributed by atoms with van der Waals surface area (Å²) < 4.78 is 31.2. The molecule has 0 spiro atoms. The van der Waals surface area contributed by atoms with Crippen LogP contribution in [0.2, 0.25) is 0 Å². The Bertz CT molecular complexity index is 666. The summed E-state index contributed by atoms with van der Waals surface area (Å²) in [6.45, 7) is 1.57. The molecule has 0 atom stereocenters. The number of ether oxygens (including phenoxy) is 1. The molecule has 1 aliphatic rings. The van der Waals surface area contributed by atoms with Crippen LogP contribution in [0, 0.1) is 17.0 Å². The van der Waals surface area contributed by atoms with Gasteiger partial charge in [0.15, 0.2) is 5.75 Å². The van der Waals surface area contributed by atoms with E-state index in [0.717, 1.165) is 38.4 Å². The number of benzene rings is 1. The maximum atomic E-state index is 11.5. The van der Waals surface area contributed by atoms with Crippen molar-refractivity contribution in [1.82, 2.24) is 0 Å². The van der Waals surface area contributed by atoms with Gasteiger partial charge in [0.25, 0.3) is 5.69 Å². The molecule has 0 heterocycles. The number of nitro benzene ring substituents is 1. The molecule has 0 saturated heterocycles. The molecule has 0 unspecified atom stereocenters. The van der Waals surface area contributed by atoms with Crippen LogP contribution in [0.5, 0.6) is 5.75 Å². The first-order valence-electron chi connectivity index (χ1n) is 7.20. The van der Waals surface area contributed by atoms with Crippen LogP contribution in [-0.2, 0) is 10.0 Å². The van der Waals surface area contributed by atoms with E-state index in [1.807, 2.05) is 0 Å². The molecule has 1 aromatic carbocycles. The molecule has 0 radical (unpaired) electrons. The molecule has 122 valence electrons. The maximum Gasteiger partial charge on any atom is 0.276 e. The lowest BCUT2D eigenvalue weighted by molar-refractivity contribution is -0.385. The van der Waals surface area contributed by atoms with Gasteiger partial charge in [-0.1, -0.05) is 6.42 Å². The molecule has 0 aliphatic heterocycles. The third-order valence-electron chi connectivity index (χ3n) is 3.64. The van der Waals surface area contributed by atoms with Crippen molar-refractivity contribution >= 4 is 21.4 Å². The fourth-order valence-electron chi connectivity index (χ4n) is 2.61. The van der Waals surface area contributed by atoms with E-state index in [4.69, 9.17) is 4.74 Å². The summed E-state index contributed by atoms with van der Waals surface area (Å²) in [5.41, 5.74) is 0.549.